The van der Waals surface area contributed by atoms with E-state index in [9.17, 15) is 4.79 Å². The lowest BCUT2D eigenvalue weighted by molar-refractivity contribution is -0.133. The molecule has 3 heteroatoms. The summed E-state index contributed by atoms with van der Waals surface area (Å²) in [6, 6.07) is 0.421. The fraction of sp³-hybridized carbons (Fsp3) is 0.917. The molecule has 1 rings (SSSR count). The van der Waals surface area contributed by atoms with E-state index in [2.05, 4.69) is 26.1 Å². The second-order valence-corrected chi connectivity index (χ2v) is 5.08. The number of carbonyl (C=O) groups excluding carboxylic acids is 1. The van der Waals surface area contributed by atoms with Crippen molar-refractivity contribution in [2.75, 3.05) is 13.6 Å². The Kier molecular flexibility index (Phi) is 4.58. The number of hydrogen-bond donors (Lipinski definition) is 1. The van der Waals surface area contributed by atoms with Crippen LogP contribution in [0.25, 0.3) is 0 Å². The first-order chi connectivity index (χ1) is 7.02. The summed E-state index contributed by atoms with van der Waals surface area (Å²) >= 11 is 0. The number of hydrogen-bond acceptors (Lipinski definition) is 2. The van der Waals surface area contributed by atoms with Gasteiger partial charge in [-0.3, -0.25) is 4.79 Å². The molecule has 1 saturated heterocycles. The third-order valence-corrected chi connectivity index (χ3v) is 3.18. The van der Waals surface area contributed by atoms with Crippen LogP contribution in [0.5, 0.6) is 0 Å². The fourth-order valence-electron chi connectivity index (χ4n) is 2.20. The largest absolute Gasteiger partial charge is 0.342 e. The molecule has 0 saturated carbocycles. The fourth-order valence-corrected chi connectivity index (χ4v) is 2.20. The molecule has 15 heavy (non-hydrogen) atoms. The average Bonchev–Trinajstić information content (AvgIpc) is 2.67. The first-order valence-corrected chi connectivity index (χ1v) is 6.02. The van der Waals surface area contributed by atoms with Gasteiger partial charge in [0.25, 0.3) is 0 Å². The Labute approximate surface area is 93.2 Å². The molecule has 0 bridgehead atoms. The van der Waals surface area contributed by atoms with Crippen molar-refractivity contribution >= 4 is 5.91 Å². The van der Waals surface area contributed by atoms with Crippen LogP contribution in [0.2, 0.25) is 0 Å². The smallest absolute Gasteiger partial charge is 0.239 e. The Hall–Kier alpha value is -0.570. The van der Waals surface area contributed by atoms with Crippen molar-refractivity contribution in [3.63, 3.8) is 0 Å². The minimum Gasteiger partial charge on any atom is -0.342 e. The number of carbonyl (C=O) groups is 1. The molecule has 0 aromatic carbocycles. The van der Waals surface area contributed by atoms with E-state index in [1.165, 1.54) is 0 Å². The van der Waals surface area contributed by atoms with E-state index < -0.39 is 0 Å². The molecule has 0 aromatic heterocycles. The topological polar surface area (TPSA) is 32.3 Å². The van der Waals surface area contributed by atoms with Crippen molar-refractivity contribution in [3.05, 3.63) is 0 Å². The number of nitrogens with one attached hydrogen (secondary N) is 1. The van der Waals surface area contributed by atoms with Crippen molar-refractivity contribution in [2.24, 2.45) is 5.92 Å². The molecule has 0 spiro atoms. The Morgan fingerprint density at radius 1 is 1.47 bits per heavy atom. The van der Waals surface area contributed by atoms with Crippen LogP contribution in [0, 0.1) is 5.92 Å². The van der Waals surface area contributed by atoms with Crippen molar-refractivity contribution in [1.29, 1.82) is 0 Å². The molecule has 1 fully saturated rings. The van der Waals surface area contributed by atoms with E-state index in [1.807, 2.05) is 11.9 Å². The zero-order valence-electron chi connectivity index (χ0n) is 10.4. The highest BCUT2D eigenvalue weighted by Crippen LogP contribution is 2.13. The second-order valence-electron chi connectivity index (χ2n) is 5.08. The summed E-state index contributed by atoms with van der Waals surface area (Å²) in [4.78, 5) is 13.9. The van der Waals surface area contributed by atoms with Gasteiger partial charge in [-0.15, -0.1) is 0 Å². The molecule has 1 aliphatic heterocycles. The summed E-state index contributed by atoms with van der Waals surface area (Å²) in [5, 5.41) is 3.25. The maximum Gasteiger partial charge on any atom is 0.239 e. The minimum atomic E-state index is 0.0737. The van der Waals surface area contributed by atoms with E-state index >= 15 is 0 Å². The predicted molar refractivity (Wildman–Crippen MR) is 62.7 cm³/mol. The number of nitrogens with zero attached hydrogens (tertiary/aromatic N) is 1. The molecule has 1 aliphatic rings. The molecule has 1 unspecified atom stereocenters. The lowest BCUT2D eigenvalue weighted by Gasteiger charge is -2.28. The SMILES string of the molecule is CC(C)CC(C)N(C)C(=O)[C@H]1CCCN1. The van der Waals surface area contributed by atoms with Crippen molar-refractivity contribution in [3.8, 4) is 0 Å². The lowest BCUT2D eigenvalue weighted by atomic mass is 10.0. The Morgan fingerprint density at radius 3 is 2.60 bits per heavy atom. The van der Waals surface area contributed by atoms with Gasteiger partial charge in [0.2, 0.25) is 5.91 Å². The summed E-state index contributed by atoms with van der Waals surface area (Å²) in [6.45, 7) is 7.51. The summed E-state index contributed by atoms with van der Waals surface area (Å²) in [7, 11) is 1.93. The maximum atomic E-state index is 12.0. The molecule has 1 amide bonds. The van der Waals surface area contributed by atoms with Gasteiger partial charge in [-0.1, -0.05) is 13.8 Å². The van der Waals surface area contributed by atoms with E-state index in [0.29, 0.717) is 12.0 Å². The molecule has 0 aromatic rings. The molecule has 0 radical (unpaired) electrons. The molecule has 2 atom stereocenters. The van der Waals surface area contributed by atoms with Gasteiger partial charge in [0.1, 0.15) is 0 Å². The van der Waals surface area contributed by atoms with Crippen LogP contribution >= 0.6 is 0 Å². The first-order valence-electron chi connectivity index (χ1n) is 6.02. The van der Waals surface area contributed by atoms with Crippen molar-refractivity contribution < 1.29 is 4.79 Å². The summed E-state index contributed by atoms with van der Waals surface area (Å²) in [5.74, 6) is 0.910. The van der Waals surface area contributed by atoms with E-state index in [1.54, 1.807) is 0 Å². The number of amides is 1. The number of rotatable bonds is 4. The summed E-state index contributed by atoms with van der Waals surface area (Å²) < 4.78 is 0. The minimum absolute atomic E-state index is 0.0737. The molecule has 88 valence electrons. The van der Waals surface area contributed by atoms with Gasteiger partial charge >= 0.3 is 0 Å². The summed E-state index contributed by atoms with van der Waals surface area (Å²) in [5.41, 5.74) is 0. The first kappa shape index (κ1) is 12.5. The van der Waals surface area contributed by atoms with Crippen LogP contribution in [-0.4, -0.2) is 36.5 Å². The standard InChI is InChI=1S/C12H24N2O/c1-9(2)8-10(3)14(4)12(15)11-6-5-7-13-11/h9-11,13H,5-8H2,1-4H3/t10?,11-/m1/s1. The predicted octanol–water partition coefficient (Wildman–Crippen LogP) is 1.63. The molecule has 1 N–H and O–H groups in total. The quantitative estimate of drug-likeness (QED) is 0.768. The van der Waals surface area contributed by atoms with Crippen LogP contribution in [0.3, 0.4) is 0 Å². The van der Waals surface area contributed by atoms with Crippen LogP contribution in [0.1, 0.15) is 40.0 Å². The van der Waals surface area contributed by atoms with Crippen molar-refractivity contribution in [2.45, 2.75) is 52.1 Å². The van der Waals surface area contributed by atoms with Gasteiger partial charge in [0.15, 0.2) is 0 Å². The highest BCUT2D eigenvalue weighted by Gasteiger charge is 2.27. The Bertz CT molecular complexity index is 210. The molecular formula is C12H24N2O. The molecule has 1 heterocycles. The van der Waals surface area contributed by atoms with Crippen molar-refractivity contribution in [1.82, 2.24) is 10.2 Å². The second kappa shape index (κ2) is 5.50. The lowest BCUT2D eigenvalue weighted by Crippen LogP contribution is -2.45. The van der Waals surface area contributed by atoms with Crippen LogP contribution in [0.4, 0.5) is 0 Å². The van der Waals surface area contributed by atoms with Crippen LogP contribution in [-0.2, 0) is 4.79 Å². The molecule has 0 aliphatic carbocycles. The van der Waals surface area contributed by atoms with Crippen LogP contribution < -0.4 is 5.32 Å². The average molecular weight is 212 g/mol. The Morgan fingerprint density at radius 2 is 2.13 bits per heavy atom. The molecular weight excluding hydrogens is 188 g/mol. The van der Waals surface area contributed by atoms with E-state index in [4.69, 9.17) is 0 Å². The van der Waals surface area contributed by atoms with Gasteiger partial charge in [-0.2, -0.15) is 0 Å². The normalized spacial score (nSPS) is 23.1. The zero-order valence-corrected chi connectivity index (χ0v) is 10.4. The van der Waals surface area contributed by atoms with Gasteiger partial charge in [0, 0.05) is 13.1 Å². The van der Waals surface area contributed by atoms with Gasteiger partial charge in [-0.05, 0) is 38.6 Å². The highest BCUT2D eigenvalue weighted by atomic mass is 16.2. The highest BCUT2D eigenvalue weighted by molar-refractivity contribution is 5.82. The summed E-state index contributed by atoms with van der Waals surface area (Å²) in [6.07, 6.45) is 3.20. The third kappa shape index (κ3) is 3.49. The maximum absolute atomic E-state index is 12.0. The van der Waals surface area contributed by atoms with Gasteiger partial charge in [-0.25, -0.2) is 0 Å². The van der Waals surface area contributed by atoms with E-state index in [0.717, 1.165) is 25.8 Å². The molecule has 3 nitrogen and oxygen atoms in total. The van der Waals surface area contributed by atoms with Gasteiger partial charge < -0.3 is 10.2 Å². The number of likely N-dealkylation sites (N-methyl/N-ethyl adjacent to an activating group) is 1. The monoisotopic (exact) mass is 212 g/mol. The third-order valence-electron chi connectivity index (χ3n) is 3.18. The zero-order chi connectivity index (χ0) is 11.4. The van der Waals surface area contributed by atoms with E-state index in [-0.39, 0.29) is 11.9 Å². The van der Waals surface area contributed by atoms with Crippen LogP contribution in [0.15, 0.2) is 0 Å². The Balaban J connectivity index is 2.43. The van der Waals surface area contributed by atoms with Gasteiger partial charge in [0.05, 0.1) is 6.04 Å².